The van der Waals surface area contributed by atoms with Gasteiger partial charge in [-0.15, -0.1) is 5.92 Å². The number of hydrogen-bond acceptors (Lipinski definition) is 2. The maximum atomic E-state index is 8.43. The first kappa shape index (κ1) is 9.10. The lowest BCUT2D eigenvalue weighted by atomic mass is 10.4. The van der Waals surface area contributed by atoms with Crippen LogP contribution in [0.3, 0.4) is 0 Å². The van der Waals surface area contributed by atoms with Crippen LogP contribution in [0.25, 0.3) is 0 Å². The predicted molar refractivity (Wildman–Crippen MR) is 48.3 cm³/mol. The third-order valence-corrected chi connectivity index (χ3v) is 2.03. The predicted octanol–water partition coefficient (Wildman–Crippen LogP) is 1.39. The summed E-state index contributed by atoms with van der Waals surface area (Å²) in [4.78, 5) is 2.31. The molecule has 0 spiro atoms. The van der Waals surface area contributed by atoms with E-state index in [9.17, 15) is 0 Å². The van der Waals surface area contributed by atoms with Crippen LogP contribution in [-0.4, -0.2) is 24.0 Å². The molecule has 0 bridgehead atoms. The van der Waals surface area contributed by atoms with Gasteiger partial charge < -0.3 is 0 Å². The highest BCUT2D eigenvalue weighted by Crippen LogP contribution is 2.26. The summed E-state index contributed by atoms with van der Waals surface area (Å²) in [6.45, 7) is 3.58. The molecule has 0 N–H and O–H groups in total. The first-order valence-corrected chi connectivity index (χ1v) is 4.39. The highest BCUT2D eigenvalue weighted by atomic mass is 15.2. The molecule has 2 nitrogen and oxygen atoms in total. The van der Waals surface area contributed by atoms with Crippen LogP contribution in [0.1, 0.15) is 26.2 Å². The molecule has 1 fully saturated rings. The van der Waals surface area contributed by atoms with E-state index < -0.39 is 0 Å². The standard InChI is InChI=1S/C10H14N2/c1-2-3-8-12(9-4-7-11)10-5-6-10/h10H,4-6,8-9H2,1H3. The van der Waals surface area contributed by atoms with Gasteiger partial charge in [-0.2, -0.15) is 5.26 Å². The van der Waals surface area contributed by atoms with Crippen LogP contribution in [0, 0.1) is 23.2 Å². The fourth-order valence-corrected chi connectivity index (χ4v) is 1.20. The van der Waals surface area contributed by atoms with Crippen LogP contribution < -0.4 is 0 Å². The Morgan fingerprint density at radius 1 is 1.50 bits per heavy atom. The van der Waals surface area contributed by atoms with Crippen molar-refractivity contribution < 1.29 is 0 Å². The molecule has 2 heteroatoms. The minimum absolute atomic E-state index is 0.627. The van der Waals surface area contributed by atoms with E-state index in [4.69, 9.17) is 5.26 Å². The van der Waals surface area contributed by atoms with Crippen molar-refractivity contribution in [1.82, 2.24) is 4.90 Å². The summed E-state index contributed by atoms with van der Waals surface area (Å²) in [5.74, 6) is 5.93. The summed E-state index contributed by atoms with van der Waals surface area (Å²) in [6.07, 6.45) is 3.20. The van der Waals surface area contributed by atoms with Crippen molar-refractivity contribution in [2.75, 3.05) is 13.1 Å². The highest BCUT2D eigenvalue weighted by Gasteiger charge is 2.27. The zero-order valence-electron chi connectivity index (χ0n) is 7.51. The van der Waals surface area contributed by atoms with E-state index in [0.717, 1.165) is 19.1 Å². The van der Waals surface area contributed by atoms with Crippen LogP contribution in [0.2, 0.25) is 0 Å². The van der Waals surface area contributed by atoms with Crippen molar-refractivity contribution in [3.8, 4) is 17.9 Å². The maximum absolute atomic E-state index is 8.43. The molecule has 0 aromatic heterocycles. The van der Waals surface area contributed by atoms with Crippen molar-refractivity contribution in [2.24, 2.45) is 0 Å². The number of nitriles is 1. The van der Waals surface area contributed by atoms with Gasteiger partial charge in [-0.3, -0.25) is 4.90 Å². The summed E-state index contributed by atoms with van der Waals surface area (Å²) >= 11 is 0. The van der Waals surface area contributed by atoms with E-state index in [-0.39, 0.29) is 0 Å². The fraction of sp³-hybridized carbons (Fsp3) is 0.700. The summed E-state index contributed by atoms with van der Waals surface area (Å²) in [5.41, 5.74) is 0. The second-order valence-electron chi connectivity index (χ2n) is 3.04. The monoisotopic (exact) mass is 162 g/mol. The molecule has 0 amide bonds. The lowest BCUT2D eigenvalue weighted by molar-refractivity contribution is 0.304. The molecule has 1 rings (SSSR count). The van der Waals surface area contributed by atoms with Crippen LogP contribution in [0.15, 0.2) is 0 Å². The normalized spacial score (nSPS) is 15.1. The van der Waals surface area contributed by atoms with E-state index in [2.05, 4.69) is 22.8 Å². The Morgan fingerprint density at radius 3 is 2.75 bits per heavy atom. The first-order valence-electron chi connectivity index (χ1n) is 4.39. The minimum Gasteiger partial charge on any atom is -0.288 e. The van der Waals surface area contributed by atoms with Crippen LogP contribution >= 0.6 is 0 Å². The third kappa shape index (κ3) is 2.95. The van der Waals surface area contributed by atoms with Crippen molar-refractivity contribution in [3.05, 3.63) is 0 Å². The van der Waals surface area contributed by atoms with Crippen LogP contribution in [0.4, 0.5) is 0 Å². The van der Waals surface area contributed by atoms with Gasteiger partial charge in [0.05, 0.1) is 12.6 Å². The van der Waals surface area contributed by atoms with Crippen molar-refractivity contribution >= 4 is 0 Å². The molecule has 0 saturated heterocycles. The third-order valence-electron chi connectivity index (χ3n) is 2.03. The lowest BCUT2D eigenvalue weighted by Crippen LogP contribution is -2.27. The Balaban J connectivity index is 2.26. The molecule has 64 valence electrons. The van der Waals surface area contributed by atoms with Gasteiger partial charge in [0.1, 0.15) is 0 Å². The van der Waals surface area contributed by atoms with Gasteiger partial charge in [-0.25, -0.2) is 0 Å². The zero-order chi connectivity index (χ0) is 8.81. The molecular weight excluding hydrogens is 148 g/mol. The number of nitrogens with zero attached hydrogens (tertiary/aromatic N) is 2. The molecule has 0 aromatic carbocycles. The first-order chi connectivity index (χ1) is 5.88. The number of hydrogen-bond donors (Lipinski definition) is 0. The molecule has 0 aliphatic heterocycles. The van der Waals surface area contributed by atoms with E-state index in [1.54, 1.807) is 0 Å². The van der Waals surface area contributed by atoms with Gasteiger partial charge >= 0.3 is 0 Å². The molecule has 0 heterocycles. The SMILES string of the molecule is CC#CCN(CCC#N)C1CC1. The van der Waals surface area contributed by atoms with E-state index >= 15 is 0 Å². The van der Waals surface area contributed by atoms with Gasteiger partial charge in [0.15, 0.2) is 0 Å². The molecular formula is C10H14N2. The van der Waals surface area contributed by atoms with Gasteiger partial charge in [0.25, 0.3) is 0 Å². The maximum Gasteiger partial charge on any atom is 0.0635 e. The summed E-state index contributed by atoms with van der Waals surface area (Å²) in [5, 5.41) is 8.43. The Labute approximate surface area is 74.2 Å². The Bertz CT molecular complexity index is 224. The smallest absolute Gasteiger partial charge is 0.0635 e. The second kappa shape index (κ2) is 4.80. The highest BCUT2D eigenvalue weighted by molar-refractivity contribution is 5.00. The van der Waals surface area contributed by atoms with Crippen molar-refractivity contribution in [2.45, 2.75) is 32.2 Å². The molecule has 0 unspecified atom stereocenters. The molecule has 1 aliphatic carbocycles. The van der Waals surface area contributed by atoms with Crippen molar-refractivity contribution in [3.63, 3.8) is 0 Å². The quantitative estimate of drug-likeness (QED) is 0.584. The number of rotatable bonds is 4. The van der Waals surface area contributed by atoms with Crippen LogP contribution in [0.5, 0.6) is 0 Å². The van der Waals surface area contributed by atoms with E-state index in [1.165, 1.54) is 12.8 Å². The topological polar surface area (TPSA) is 27.0 Å². The molecule has 0 aromatic rings. The molecule has 12 heavy (non-hydrogen) atoms. The van der Waals surface area contributed by atoms with Gasteiger partial charge in [0, 0.05) is 19.0 Å². The second-order valence-corrected chi connectivity index (χ2v) is 3.04. The van der Waals surface area contributed by atoms with E-state index in [1.807, 2.05) is 6.92 Å². The minimum atomic E-state index is 0.627. The largest absolute Gasteiger partial charge is 0.288 e. The van der Waals surface area contributed by atoms with Crippen LogP contribution in [-0.2, 0) is 0 Å². The average Bonchev–Trinajstić information content (AvgIpc) is 2.88. The average molecular weight is 162 g/mol. The Hall–Kier alpha value is -0.990. The van der Waals surface area contributed by atoms with Gasteiger partial charge in [-0.1, -0.05) is 5.92 Å². The van der Waals surface area contributed by atoms with E-state index in [0.29, 0.717) is 6.42 Å². The van der Waals surface area contributed by atoms with Crippen molar-refractivity contribution in [1.29, 1.82) is 5.26 Å². The fourth-order valence-electron chi connectivity index (χ4n) is 1.20. The molecule has 0 radical (unpaired) electrons. The Morgan fingerprint density at radius 2 is 2.25 bits per heavy atom. The van der Waals surface area contributed by atoms with Gasteiger partial charge in [-0.05, 0) is 19.8 Å². The zero-order valence-corrected chi connectivity index (χ0v) is 7.51. The molecule has 1 saturated carbocycles. The molecule has 1 aliphatic rings. The summed E-state index contributed by atoms with van der Waals surface area (Å²) in [7, 11) is 0. The molecule has 0 atom stereocenters. The Kier molecular flexibility index (Phi) is 3.64. The van der Waals surface area contributed by atoms with Gasteiger partial charge in [0.2, 0.25) is 0 Å². The summed E-state index contributed by atoms with van der Waals surface area (Å²) < 4.78 is 0. The summed E-state index contributed by atoms with van der Waals surface area (Å²) in [6, 6.07) is 2.89. The lowest BCUT2D eigenvalue weighted by Gasteiger charge is -2.16.